The highest BCUT2D eigenvalue weighted by Gasteiger charge is 2.23. The summed E-state index contributed by atoms with van der Waals surface area (Å²) in [5.41, 5.74) is 0.397. The fourth-order valence-corrected chi connectivity index (χ4v) is 1.96. The Morgan fingerprint density at radius 2 is 1.88 bits per heavy atom. The zero-order valence-electron chi connectivity index (χ0n) is 8.93. The van der Waals surface area contributed by atoms with Crippen LogP contribution < -0.4 is 10.2 Å². The molecule has 0 amide bonds. The molecule has 1 aromatic rings. The third-order valence-electron chi connectivity index (χ3n) is 2.93. The monoisotopic (exact) mass is 230 g/mol. The molecule has 1 heterocycles. The lowest BCUT2D eigenvalue weighted by molar-refractivity contribution is 0.447. The van der Waals surface area contributed by atoms with Gasteiger partial charge in [0, 0.05) is 37.0 Å². The van der Waals surface area contributed by atoms with Crippen LogP contribution in [0.5, 0.6) is 0 Å². The summed E-state index contributed by atoms with van der Waals surface area (Å²) < 4.78 is 38.8. The average molecular weight is 230 g/mol. The van der Waals surface area contributed by atoms with Gasteiger partial charge in [0.25, 0.3) is 0 Å². The Morgan fingerprint density at radius 1 is 1.25 bits per heavy atom. The first-order chi connectivity index (χ1) is 7.61. The molecule has 1 unspecified atom stereocenters. The molecule has 5 heteroatoms. The third kappa shape index (κ3) is 2.00. The van der Waals surface area contributed by atoms with E-state index < -0.39 is 17.5 Å². The molecule has 0 saturated carbocycles. The van der Waals surface area contributed by atoms with Crippen molar-refractivity contribution in [3.8, 4) is 0 Å². The number of halogens is 3. The van der Waals surface area contributed by atoms with Crippen LogP contribution in [0.15, 0.2) is 12.1 Å². The summed E-state index contributed by atoms with van der Waals surface area (Å²) >= 11 is 0. The Labute approximate surface area is 92.1 Å². The van der Waals surface area contributed by atoms with Crippen molar-refractivity contribution in [2.45, 2.75) is 12.5 Å². The average Bonchev–Trinajstić information content (AvgIpc) is 2.73. The molecule has 0 radical (unpaired) electrons. The lowest BCUT2D eigenvalue weighted by Crippen LogP contribution is -2.29. The predicted molar refractivity (Wildman–Crippen MR) is 56.0 cm³/mol. The maximum absolute atomic E-state index is 13.0. The number of hydrogen-bond acceptors (Lipinski definition) is 2. The van der Waals surface area contributed by atoms with E-state index in [0.717, 1.165) is 25.1 Å². The summed E-state index contributed by atoms with van der Waals surface area (Å²) in [6, 6.07) is 2.39. The molecule has 2 rings (SSSR count). The number of anilines is 1. The second kappa shape index (κ2) is 4.33. The van der Waals surface area contributed by atoms with Gasteiger partial charge in [0.1, 0.15) is 0 Å². The van der Waals surface area contributed by atoms with Crippen molar-refractivity contribution in [2.24, 2.45) is 0 Å². The van der Waals surface area contributed by atoms with Crippen LogP contribution >= 0.6 is 0 Å². The second-order valence-corrected chi connectivity index (χ2v) is 3.94. The second-order valence-electron chi connectivity index (χ2n) is 3.94. The molecule has 0 bridgehead atoms. The highest BCUT2D eigenvalue weighted by atomic mass is 19.2. The maximum Gasteiger partial charge on any atom is 0.194 e. The molecule has 2 nitrogen and oxygen atoms in total. The molecular formula is C11H13F3N2. The van der Waals surface area contributed by atoms with E-state index in [9.17, 15) is 13.2 Å². The predicted octanol–water partition coefficient (Wildman–Crippen LogP) is 1.90. The van der Waals surface area contributed by atoms with E-state index in [1.54, 1.807) is 0 Å². The Balaban J connectivity index is 2.22. The highest BCUT2D eigenvalue weighted by molar-refractivity contribution is 5.48. The van der Waals surface area contributed by atoms with Crippen molar-refractivity contribution >= 4 is 5.69 Å². The number of nitrogens with one attached hydrogen (secondary N) is 1. The number of nitrogens with zero attached hydrogens (tertiary/aromatic N) is 1. The normalized spacial score (nSPS) is 20.5. The molecule has 1 N–H and O–H groups in total. The topological polar surface area (TPSA) is 15.3 Å². The van der Waals surface area contributed by atoms with Crippen LogP contribution in [0.3, 0.4) is 0 Å². The first-order valence-electron chi connectivity index (χ1n) is 5.18. The Hall–Kier alpha value is -1.23. The highest BCUT2D eigenvalue weighted by Crippen LogP contribution is 2.24. The third-order valence-corrected chi connectivity index (χ3v) is 2.93. The molecule has 0 spiro atoms. The van der Waals surface area contributed by atoms with Crippen LogP contribution in [0, 0.1) is 17.5 Å². The molecule has 0 aliphatic carbocycles. The van der Waals surface area contributed by atoms with Crippen molar-refractivity contribution in [3.63, 3.8) is 0 Å². The van der Waals surface area contributed by atoms with E-state index in [4.69, 9.17) is 0 Å². The van der Waals surface area contributed by atoms with Crippen LogP contribution in [0.25, 0.3) is 0 Å². The summed E-state index contributed by atoms with van der Waals surface area (Å²) in [6.45, 7) is 1.40. The Kier molecular flexibility index (Phi) is 3.05. The number of rotatable bonds is 2. The van der Waals surface area contributed by atoms with Crippen molar-refractivity contribution in [1.82, 2.24) is 5.32 Å². The van der Waals surface area contributed by atoms with Crippen molar-refractivity contribution < 1.29 is 13.2 Å². The summed E-state index contributed by atoms with van der Waals surface area (Å²) in [6.07, 6.45) is 0.914. The minimum atomic E-state index is -1.41. The van der Waals surface area contributed by atoms with Gasteiger partial charge in [-0.05, 0) is 13.5 Å². The standard InChI is InChI=1S/C11H13F3N2/c1-15-7-2-3-16(6-7)8-4-9(12)11(14)10(13)5-8/h4-5,7,15H,2-3,6H2,1H3. The van der Waals surface area contributed by atoms with Gasteiger partial charge in [0.05, 0.1) is 0 Å². The van der Waals surface area contributed by atoms with Gasteiger partial charge in [0.2, 0.25) is 0 Å². The van der Waals surface area contributed by atoms with Gasteiger partial charge in [-0.2, -0.15) is 0 Å². The van der Waals surface area contributed by atoms with E-state index in [0.29, 0.717) is 18.3 Å². The number of likely N-dealkylation sites (N-methyl/N-ethyl adjacent to an activating group) is 1. The van der Waals surface area contributed by atoms with Gasteiger partial charge < -0.3 is 10.2 Å². The minimum absolute atomic E-state index is 0.316. The largest absolute Gasteiger partial charge is 0.370 e. The van der Waals surface area contributed by atoms with Crippen molar-refractivity contribution in [2.75, 3.05) is 25.0 Å². The molecule has 16 heavy (non-hydrogen) atoms. The molecule has 0 aromatic heterocycles. The fourth-order valence-electron chi connectivity index (χ4n) is 1.96. The van der Waals surface area contributed by atoms with Gasteiger partial charge in [-0.25, -0.2) is 13.2 Å². The quantitative estimate of drug-likeness (QED) is 0.781. The molecule has 1 fully saturated rings. The number of hydrogen-bond donors (Lipinski definition) is 1. The van der Waals surface area contributed by atoms with Crippen LogP contribution in [0.2, 0.25) is 0 Å². The molecule has 1 aromatic carbocycles. The van der Waals surface area contributed by atoms with E-state index in [1.165, 1.54) is 0 Å². The first kappa shape index (κ1) is 11.3. The van der Waals surface area contributed by atoms with E-state index in [1.807, 2.05) is 11.9 Å². The van der Waals surface area contributed by atoms with Gasteiger partial charge in [-0.1, -0.05) is 0 Å². The SMILES string of the molecule is CNC1CCN(c2cc(F)c(F)c(F)c2)C1. The first-order valence-corrected chi connectivity index (χ1v) is 5.18. The van der Waals surface area contributed by atoms with Crippen LogP contribution in [0.4, 0.5) is 18.9 Å². The zero-order chi connectivity index (χ0) is 11.7. The van der Waals surface area contributed by atoms with Crippen LogP contribution in [-0.4, -0.2) is 26.2 Å². The van der Waals surface area contributed by atoms with E-state index in [-0.39, 0.29) is 0 Å². The molecule has 1 aliphatic heterocycles. The number of benzene rings is 1. The molecule has 1 saturated heterocycles. The van der Waals surface area contributed by atoms with Gasteiger partial charge in [0.15, 0.2) is 17.5 Å². The Morgan fingerprint density at radius 3 is 2.38 bits per heavy atom. The smallest absolute Gasteiger partial charge is 0.194 e. The summed E-state index contributed by atoms with van der Waals surface area (Å²) in [5, 5.41) is 3.10. The van der Waals surface area contributed by atoms with Gasteiger partial charge >= 0.3 is 0 Å². The lowest BCUT2D eigenvalue weighted by Gasteiger charge is -2.18. The maximum atomic E-state index is 13.0. The molecule has 88 valence electrons. The molecule has 1 aliphatic rings. The van der Waals surface area contributed by atoms with Crippen molar-refractivity contribution in [1.29, 1.82) is 0 Å². The minimum Gasteiger partial charge on any atom is -0.370 e. The van der Waals surface area contributed by atoms with E-state index in [2.05, 4.69) is 5.32 Å². The van der Waals surface area contributed by atoms with Crippen LogP contribution in [-0.2, 0) is 0 Å². The Bertz CT molecular complexity index is 372. The summed E-state index contributed by atoms with van der Waals surface area (Å²) in [4.78, 5) is 1.84. The summed E-state index contributed by atoms with van der Waals surface area (Å²) in [5.74, 6) is -3.68. The summed E-state index contributed by atoms with van der Waals surface area (Å²) in [7, 11) is 1.85. The fraction of sp³-hybridized carbons (Fsp3) is 0.455. The van der Waals surface area contributed by atoms with Gasteiger partial charge in [-0.3, -0.25) is 0 Å². The zero-order valence-corrected chi connectivity index (χ0v) is 8.93. The molecule has 1 atom stereocenters. The van der Waals surface area contributed by atoms with Crippen LogP contribution in [0.1, 0.15) is 6.42 Å². The molecular weight excluding hydrogens is 217 g/mol. The van der Waals surface area contributed by atoms with Gasteiger partial charge in [-0.15, -0.1) is 0 Å². The van der Waals surface area contributed by atoms with E-state index >= 15 is 0 Å². The van der Waals surface area contributed by atoms with Crippen molar-refractivity contribution in [3.05, 3.63) is 29.6 Å². The lowest BCUT2D eigenvalue weighted by atomic mass is 10.2.